The molecule has 0 fully saturated rings. The average Bonchev–Trinajstić information content (AvgIpc) is 2.32. The van der Waals surface area contributed by atoms with Gasteiger partial charge in [0.25, 0.3) is 0 Å². The van der Waals surface area contributed by atoms with Crippen LogP contribution in [0.25, 0.3) is 0 Å². The van der Waals surface area contributed by atoms with E-state index in [4.69, 9.17) is 10.5 Å². The molecule has 0 radical (unpaired) electrons. The summed E-state index contributed by atoms with van der Waals surface area (Å²) < 4.78 is 5.63. The number of nitrogens with two attached hydrogens (primary N) is 1. The minimum atomic E-state index is -0.165. The Balaban J connectivity index is 2.32. The maximum Gasteiger partial charge on any atom is 0.226 e. The van der Waals surface area contributed by atoms with Crippen LogP contribution in [-0.2, 0) is 9.53 Å². The summed E-state index contributed by atoms with van der Waals surface area (Å²) in [7, 11) is 0. The SMILES string of the molecule is CCC(C)(C)OCCC(=O)Nc1ccc(N)cc1. The van der Waals surface area contributed by atoms with E-state index in [2.05, 4.69) is 12.2 Å². The van der Waals surface area contributed by atoms with Crippen molar-refractivity contribution in [2.45, 2.75) is 39.2 Å². The lowest BCUT2D eigenvalue weighted by atomic mass is 10.1. The van der Waals surface area contributed by atoms with Crippen LogP contribution in [-0.4, -0.2) is 18.1 Å². The van der Waals surface area contributed by atoms with Crippen LogP contribution in [0.15, 0.2) is 24.3 Å². The zero-order valence-electron chi connectivity index (χ0n) is 11.3. The molecule has 1 aromatic rings. The van der Waals surface area contributed by atoms with Gasteiger partial charge in [-0.25, -0.2) is 0 Å². The summed E-state index contributed by atoms with van der Waals surface area (Å²) in [6.07, 6.45) is 1.28. The summed E-state index contributed by atoms with van der Waals surface area (Å²) >= 11 is 0. The number of hydrogen-bond acceptors (Lipinski definition) is 3. The van der Waals surface area contributed by atoms with Crippen LogP contribution in [0.3, 0.4) is 0 Å². The highest BCUT2D eigenvalue weighted by Crippen LogP contribution is 2.14. The molecule has 1 amide bonds. The molecule has 0 saturated heterocycles. The lowest BCUT2D eigenvalue weighted by Crippen LogP contribution is -2.25. The van der Waals surface area contributed by atoms with Crippen molar-refractivity contribution in [3.8, 4) is 0 Å². The normalized spacial score (nSPS) is 11.3. The third-order valence-corrected chi connectivity index (χ3v) is 2.87. The predicted molar refractivity (Wildman–Crippen MR) is 74.4 cm³/mol. The van der Waals surface area contributed by atoms with Crippen LogP contribution < -0.4 is 11.1 Å². The lowest BCUT2D eigenvalue weighted by Gasteiger charge is -2.23. The molecule has 1 rings (SSSR count). The first-order chi connectivity index (χ1) is 8.43. The molecule has 0 saturated carbocycles. The second kappa shape index (κ2) is 6.40. The summed E-state index contributed by atoms with van der Waals surface area (Å²) in [5.41, 5.74) is 6.84. The maximum atomic E-state index is 11.6. The van der Waals surface area contributed by atoms with Crippen molar-refractivity contribution in [1.82, 2.24) is 0 Å². The van der Waals surface area contributed by atoms with E-state index >= 15 is 0 Å². The first-order valence-corrected chi connectivity index (χ1v) is 6.22. The number of benzene rings is 1. The number of rotatable bonds is 6. The second-order valence-electron chi connectivity index (χ2n) is 4.88. The number of ether oxygens (including phenoxy) is 1. The van der Waals surface area contributed by atoms with E-state index in [-0.39, 0.29) is 11.5 Å². The number of carbonyl (C=O) groups excluding carboxylic acids is 1. The van der Waals surface area contributed by atoms with Gasteiger partial charge in [0, 0.05) is 11.4 Å². The van der Waals surface area contributed by atoms with Crippen molar-refractivity contribution in [2.24, 2.45) is 0 Å². The first kappa shape index (κ1) is 14.5. The molecule has 100 valence electrons. The summed E-state index contributed by atoms with van der Waals surface area (Å²) in [5.74, 6) is -0.0494. The highest BCUT2D eigenvalue weighted by molar-refractivity contribution is 5.90. The third-order valence-electron chi connectivity index (χ3n) is 2.87. The number of amides is 1. The Kier molecular flexibility index (Phi) is 5.16. The van der Waals surface area contributed by atoms with Gasteiger partial charge in [-0.3, -0.25) is 4.79 Å². The highest BCUT2D eigenvalue weighted by atomic mass is 16.5. The van der Waals surface area contributed by atoms with Gasteiger partial charge in [-0.05, 0) is 44.5 Å². The molecule has 0 aromatic heterocycles. The number of nitrogens with one attached hydrogen (secondary N) is 1. The maximum absolute atomic E-state index is 11.6. The van der Waals surface area contributed by atoms with E-state index in [1.54, 1.807) is 24.3 Å². The fraction of sp³-hybridized carbons (Fsp3) is 0.500. The van der Waals surface area contributed by atoms with Crippen molar-refractivity contribution in [3.63, 3.8) is 0 Å². The Bertz CT molecular complexity index is 385. The van der Waals surface area contributed by atoms with Crippen molar-refractivity contribution in [1.29, 1.82) is 0 Å². The molecule has 0 aliphatic heterocycles. The van der Waals surface area contributed by atoms with Gasteiger partial charge in [0.15, 0.2) is 0 Å². The molecule has 0 spiro atoms. The topological polar surface area (TPSA) is 64.3 Å². The minimum absolute atomic E-state index is 0.0494. The monoisotopic (exact) mass is 250 g/mol. The highest BCUT2D eigenvalue weighted by Gasteiger charge is 2.15. The number of anilines is 2. The summed E-state index contributed by atoms with van der Waals surface area (Å²) in [6, 6.07) is 7.08. The van der Waals surface area contributed by atoms with Gasteiger partial charge in [-0.15, -0.1) is 0 Å². The summed E-state index contributed by atoms with van der Waals surface area (Å²) in [4.78, 5) is 11.6. The van der Waals surface area contributed by atoms with E-state index in [0.717, 1.165) is 12.1 Å². The van der Waals surface area contributed by atoms with E-state index in [1.807, 2.05) is 13.8 Å². The summed E-state index contributed by atoms with van der Waals surface area (Å²) in [6.45, 7) is 6.53. The van der Waals surface area contributed by atoms with Gasteiger partial charge < -0.3 is 15.8 Å². The fourth-order valence-electron chi connectivity index (χ4n) is 1.31. The Labute approximate surface area is 109 Å². The van der Waals surface area contributed by atoms with E-state index < -0.39 is 0 Å². The molecule has 0 atom stereocenters. The second-order valence-corrected chi connectivity index (χ2v) is 4.88. The predicted octanol–water partition coefficient (Wildman–Crippen LogP) is 2.80. The Morgan fingerprint density at radius 3 is 2.50 bits per heavy atom. The van der Waals surface area contributed by atoms with Crippen molar-refractivity contribution >= 4 is 17.3 Å². The van der Waals surface area contributed by atoms with Crippen LogP contribution in [0.2, 0.25) is 0 Å². The van der Waals surface area contributed by atoms with Crippen molar-refractivity contribution < 1.29 is 9.53 Å². The number of carbonyl (C=O) groups is 1. The molecule has 3 N–H and O–H groups in total. The van der Waals surface area contributed by atoms with Gasteiger partial charge >= 0.3 is 0 Å². The molecule has 4 heteroatoms. The molecule has 0 heterocycles. The van der Waals surface area contributed by atoms with E-state index in [0.29, 0.717) is 18.7 Å². The van der Waals surface area contributed by atoms with Gasteiger partial charge in [-0.1, -0.05) is 6.92 Å². The van der Waals surface area contributed by atoms with E-state index in [1.165, 1.54) is 0 Å². The zero-order chi connectivity index (χ0) is 13.6. The molecule has 0 unspecified atom stereocenters. The van der Waals surface area contributed by atoms with Crippen molar-refractivity contribution in [3.05, 3.63) is 24.3 Å². The van der Waals surface area contributed by atoms with Crippen LogP contribution in [0, 0.1) is 0 Å². The van der Waals surface area contributed by atoms with E-state index in [9.17, 15) is 4.79 Å². The fourth-order valence-corrected chi connectivity index (χ4v) is 1.31. The summed E-state index contributed by atoms with van der Waals surface area (Å²) in [5, 5.41) is 2.80. The first-order valence-electron chi connectivity index (χ1n) is 6.22. The standard InChI is InChI=1S/C14H22N2O2/c1-4-14(2,3)18-10-9-13(17)16-12-7-5-11(15)6-8-12/h5-8H,4,9-10,15H2,1-3H3,(H,16,17). The molecule has 0 bridgehead atoms. The molecular formula is C14H22N2O2. The van der Waals surface area contributed by atoms with Crippen molar-refractivity contribution in [2.75, 3.05) is 17.7 Å². The van der Waals surface area contributed by atoms with Crippen LogP contribution in [0.4, 0.5) is 11.4 Å². The smallest absolute Gasteiger partial charge is 0.226 e. The zero-order valence-corrected chi connectivity index (χ0v) is 11.3. The van der Waals surface area contributed by atoms with Gasteiger partial charge in [-0.2, -0.15) is 0 Å². The Morgan fingerprint density at radius 2 is 1.94 bits per heavy atom. The largest absolute Gasteiger partial charge is 0.399 e. The quantitative estimate of drug-likeness (QED) is 0.763. The lowest BCUT2D eigenvalue weighted by molar-refractivity contribution is -0.118. The minimum Gasteiger partial charge on any atom is -0.399 e. The molecule has 1 aromatic carbocycles. The Hall–Kier alpha value is -1.55. The van der Waals surface area contributed by atoms with Gasteiger partial charge in [0.05, 0.1) is 18.6 Å². The van der Waals surface area contributed by atoms with Crippen LogP contribution in [0.1, 0.15) is 33.6 Å². The van der Waals surface area contributed by atoms with Gasteiger partial charge in [0.2, 0.25) is 5.91 Å². The molecule has 0 aliphatic carbocycles. The van der Waals surface area contributed by atoms with Gasteiger partial charge in [0.1, 0.15) is 0 Å². The molecule has 0 aliphatic rings. The number of nitrogen functional groups attached to an aromatic ring is 1. The Morgan fingerprint density at radius 1 is 1.33 bits per heavy atom. The molecule has 4 nitrogen and oxygen atoms in total. The van der Waals surface area contributed by atoms with Crippen LogP contribution in [0.5, 0.6) is 0 Å². The third kappa shape index (κ3) is 5.19. The average molecular weight is 250 g/mol. The number of hydrogen-bond donors (Lipinski definition) is 2. The molecule has 18 heavy (non-hydrogen) atoms. The van der Waals surface area contributed by atoms with Crippen LogP contribution >= 0.6 is 0 Å². The molecular weight excluding hydrogens is 228 g/mol.